The molecule has 0 saturated heterocycles. The number of carbonyl (C=O) groups excluding carboxylic acids is 4. The Balaban J connectivity index is 2.59. The average Bonchev–Trinajstić information content (AvgIpc) is 3.46. The molecule has 2 aromatic rings. The van der Waals surface area contributed by atoms with Gasteiger partial charge in [-0.1, -0.05) is 57.5 Å². The van der Waals surface area contributed by atoms with Crippen molar-refractivity contribution in [3.05, 3.63) is 54.1 Å². The highest BCUT2D eigenvalue weighted by Gasteiger charge is 2.41. The third kappa shape index (κ3) is 12.4. The maximum absolute atomic E-state index is 14.7. The van der Waals surface area contributed by atoms with Crippen molar-refractivity contribution in [3.63, 3.8) is 0 Å². The van der Waals surface area contributed by atoms with Crippen LogP contribution in [0.5, 0.6) is 0 Å². The molecule has 0 radical (unpaired) electrons. The number of aliphatic hydroxyl groups excluding tert-OH is 1. The van der Waals surface area contributed by atoms with Crippen molar-refractivity contribution >= 4 is 23.8 Å². The molecule has 4 atom stereocenters. The number of aromatic nitrogens is 2. The second-order valence-corrected chi connectivity index (χ2v) is 12.5. The van der Waals surface area contributed by atoms with Crippen molar-refractivity contribution in [1.29, 1.82) is 0 Å². The Hall–Kier alpha value is -3.93. The minimum absolute atomic E-state index is 0.0222. The molecule has 1 unspecified atom stereocenters. The van der Waals surface area contributed by atoms with Crippen LogP contribution in [0, 0.1) is 5.92 Å². The average molecular weight is 615 g/mol. The monoisotopic (exact) mass is 614 g/mol. The van der Waals surface area contributed by atoms with E-state index in [9.17, 15) is 24.3 Å². The molecule has 12 heteroatoms. The summed E-state index contributed by atoms with van der Waals surface area (Å²) in [4.78, 5) is 61.5. The van der Waals surface area contributed by atoms with Gasteiger partial charge in [-0.05, 0) is 45.1 Å². The molecule has 1 aromatic carbocycles. The second kappa shape index (κ2) is 17.4. The summed E-state index contributed by atoms with van der Waals surface area (Å²) in [5.74, 6) is -1.67. The molecule has 12 nitrogen and oxygen atoms in total. The van der Waals surface area contributed by atoms with Crippen LogP contribution in [0.4, 0.5) is 4.79 Å². The summed E-state index contributed by atoms with van der Waals surface area (Å²) < 4.78 is 5.48. The third-order valence-corrected chi connectivity index (χ3v) is 6.93. The highest BCUT2D eigenvalue weighted by Crippen LogP contribution is 2.23. The van der Waals surface area contributed by atoms with Gasteiger partial charge in [-0.3, -0.25) is 14.4 Å². The Morgan fingerprint density at radius 3 is 2.34 bits per heavy atom. The number of benzene rings is 1. The number of imidazole rings is 1. The number of H-pyrrole nitrogens is 1. The Morgan fingerprint density at radius 2 is 1.80 bits per heavy atom. The van der Waals surface area contributed by atoms with E-state index in [1.165, 1.54) is 11.2 Å². The standard InChI is InChI=1S/C32H50N6O6/c1-7-8-14-28(40)35-19-27(39)25(15-21(2)3)38(26(29(33)41)17-23-18-34-20-36-23)30(42)24(16-22-12-10-9-11-13-22)37-31(43)44-32(4,5)6/h9-13,18,20-21,24-27,39H,7-8,14-17,19H2,1-6H3,(H2,33,41)(H,34,36)(H,35,40)(H,37,43)/t24-,25?,26-,27-/m0/s1. The van der Waals surface area contributed by atoms with Crippen LogP contribution in [0.3, 0.4) is 0 Å². The number of carbonyl (C=O) groups is 4. The zero-order valence-corrected chi connectivity index (χ0v) is 26.8. The van der Waals surface area contributed by atoms with Gasteiger partial charge in [-0.25, -0.2) is 9.78 Å². The lowest BCUT2D eigenvalue weighted by Crippen LogP contribution is -2.63. The lowest BCUT2D eigenvalue weighted by Gasteiger charge is -2.41. The molecule has 1 heterocycles. The van der Waals surface area contributed by atoms with Gasteiger partial charge in [0.2, 0.25) is 17.7 Å². The van der Waals surface area contributed by atoms with Crippen molar-refractivity contribution in [2.75, 3.05) is 6.54 Å². The Morgan fingerprint density at radius 1 is 1.11 bits per heavy atom. The second-order valence-electron chi connectivity index (χ2n) is 12.5. The lowest BCUT2D eigenvalue weighted by atomic mass is 9.92. The molecule has 0 aliphatic rings. The van der Waals surface area contributed by atoms with Gasteiger partial charge >= 0.3 is 6.09 Å². The number of aromatic amines is 1. The van der Waals surface area contributed by atoms with Gasteiger partial charge in [0.25, 0.3) is 0 Å². The molecule has 0 aliphatic heterocycles. The molecule has 0 spiro atoms. The van der Waals surface area contributed by atoms with Crippen LogP contribution in [0.1, 0.15) is 78.5 Å². The number of hydrogen-bond donors (Lipinski definition) is 5. The number of rotatable bonds is 17. The zero-order valence-electron chi connectivity index (χ0n) is 26.8. The number of hydrogen-bond acceptors (Lipinski definition) is 7. The molecule has 2 rings (SSSR count). The molecular weight excluding hydrogens is 564 g/mol. The number of nitrogens with zero attached hydrogens (tertiary/aromatic N) is 2. The first kappa shape index (κ1) is 36.3. The van der Waals surface area contributed by atoms with Gasteiger partial charge in [-0.2, -0.15) is 0 Å². The van der Waals surface area contributed by atoms with E-state index in [0.717, 1.165) is 12.0 Å². The molecule has 0 fully saturated rings. The number of ether oxygens (including phenoxy) is 1. The topological polar surface area (TPSA) is 180 Å². The number of primary amides is 1. The summed E-state index contributed by atoms with van der Waals surface area (Å²) in [5.41, 5.74) is 6.36. The van der Waals surface area contributed by atoms with Crippen molar-refractivity contribution in [1.82, 2.24) is 25.5 Å². The summed E-state index contributed by atoms with van der Waals surface area (Å²) >= 11 is 0. The van der Waals surface area contributed by atoms with Gasteiger partial charge < -0.3 is 36.1 Å². The first-order chi connectivity index (χ1) is 20.7. The number of aliphatic hydroxyl groups is 1. The van der Waals surface area contributed by atoms with Crippen LogP contribution >= 0.6 is 0 Å². The van der Waals surface area contributed by atoms with Gasteiger partial charge in [0.1, 0.15) is 17.7 Å². The summed E-state index contributed by atoms with van der Waals surface area (Å²) in [5, 5.41) is 17.0. The minimum Gasteiger partial charge on any atom is -0.444 e. The molecule has 4 amide bonds. The van der Waals surface area contributed by atoms with Crippen LogP contribution in [-0.4, -0.2) is 80.2 Å². The summed E-state index contributed by atoms with van der Waals surface area (Å²) in [6, 6.07) is 5.78. The summed E-state index contributed by atoms with van der Waals surface area (Å²) in [6.45, 7) is 10.8. The van der Waals surface area contributed by atoms with Crippen LogP contribution < -0.4 is 16.4 Å². The highest BCUT2D eigenvalue weighted by atomic mass is 16.6. The molecule has 244 valence electrons. The zero-order chi connectivity index (χ0) is 32.9. The highest BCUT2D eigenvalue weighted by molar-refractivity contribution is 5.91. The van der Waals surface area contributed by atoms with E-state index in [1.807, 2.05) is 51.1 Å². The molecule has 44 heavy (non-hydrogen) atoms. The number of nitrogens with two attached hydrogens (primary N) is 1. The normalized spacial score (nSPS) is 14.3. The molecule has 0 bridgehead atoms. The van der Waals surface area contributed by atoms with E-state index in [2.05, 4.69) is 20.6 Å². The fraction of sp³-hybridized carbons (Fsp3) is 0.594. The Kier molecular flexibility index (Phi) is 14.3. The van der Waals surface area contributed by atoms with E-state index in [1.54, 1.807) is 27.0 Å². The Labute approximate surface area is 260 Å². The number of unbranched alkanes of at least 4 members (excludes halogenated alkanes) is 1. The van der Waals surface area contributed by atoms with E-state index in [4.69, 9.17) is 10.5 Å². The fourth-order valence-electron chi connectivity index (χ4n) is 4.88. The number of nitrogens with one attached hydrogen (secondary N) is 3. The van der Waals surface area contributed by atoms with Crippen LogP contribution in [0.15, 0.2) is 42.9 Å². The van der Waals surface area contributed by atoms with E-state index < -0.39 is 47.7 Å². The van der Waals surface area contributed by atoms with Crippen LogP contribution in [0.2, 0.25) is 0 Å². The molecule has 0 aliphatic carbocycles. The van der Waals surface area contributed by atoms with Gasteiger partial charge in [0.05, 0.1) is 24.2 Å². The smallest absolute Gasteiger partial charge is 0.408 e. The lowest BCUT2D eigenvalue weighted by molar-refractivity contribution is -0.147. The van der Waals surface area contributed by atoms with Gasteiger partial charge in [-0.15, -0.1) is 0 Å². The molecule has 0 saturated carbocycles. The van der Waals surface area contributed by atoms with Crippen molar-refractivity contribution < 1.29 is 29.0 Å². The fourth-order valence-corrected chi connectivity index (χ4v) is 4.88. The predicted molar refractivity (Wildman–Crippen MR) is 167 cm³/mol. The third-order valence-electron chi connectivity index (χ3n) is 6.93. The molecule has 6 N–H and O–H groups in total. The van der Waals surface area contributed by atoms with Crippen LogP contribution in [0.25, 0.3) is 0 Å². The first-order valence-electron chi connectivity index (χ1n) is 15.3. The van der Waals surface area contributed by atoms with Gasteiger partial charge in [0.15, 0.2) is 0 Å². The maximum Gasteiger partial charge on any atom is 0.408 e. The molecular formula is C32H50N6O6. The quantitative estimate of drug-likeness (QED) is 0.182. The Bertz CT molecular complexity index is 1180. The first-order valence-corrected chi connectivity index (χ1v) is 15.3. The predicted octanol–water partition coefficient (Wildman–Crippen LogP) is 2.85. The molecule has 1 aromatic heterocycles. The summed E-state index contributed by atoms with van der Waals surface area (Å²) in [7, 11) is 0. The number of amides is 4. The van der Waals surface area contributed by atoms with Crippen molar-refractivity contribution in [2.45, 2.75) is 110 Å². The van der Waals surface area contributed by atoms with Crippen molar-refractivity contribution in [3.8, 4) is 0 Å². The maximum atomic E-state index is 14.7. The number of alkyl carbamates (subject to hydrolysis) is 1. The summed E-state index contributed by atoms with van der Waals surface area (Å²) in [6.07, 6.45) is 3.19. The van der Waals surface area contributed by atoms with Crippen LogP contribution in [-0.2, 0) is 32.0 Å². The minimum atomic E-state index is -1.24. The van der Waals surface area contributed by atoms with Gasteiger partial charge in [0, 0.05) is 32.0 Å². The van der Waals surface area contributed by atoms with E-state index in [-0.39, 0.29) is 37.6 Å². The van der Waals surface area contributed by atoms with Crippen molar-refractivity contribution in [2.24, 2.45) is 11.7 Å². The van der Waals surface area contributed by atoms with E-state index >= 15 is 0 Å². The largest absolute Gasteiger partial charge is 0.444 e. The van der Waals surface area contributed by atoms with E-state index in [0.29, 0.717) is 18.5 Å². The SMILES string of the molecule is CCCCC(=O)NC[C@H](O)C(CC(C)C)N(C(=O)[C@H](Cc1ccccc1)NC(=O)OC(C)(C)C)[C@@H](Cc1c[nH]cn1)C(N)=O.